The lowest BCUT2D eigenvalue weighted by molar-refractivity contribution is 0.0793. The van der Waals surface area contributed by atoms with Crippen molar-refractivity contribution < 1.29 is 14.6 Å². The molecule has 5 heteroatoms. The quantitative estimate of drug-likeness (QED) is 0.648. The third-order valence-corrected chi connectivity index (χ3v) is 2.82. The summed E-state index contributed by atoms with van der Waals surface area (Å²) in [7, 11) is 0. The fraction of sp³-hybridized carbons (Fsp3) is 0.909. The molecule has 3 atom stereocenters. The lowest BCUT2D eigenvalue weighted by Gasteiger charge is -2.23. The average molecular weight is 230 g/mol. The van der Waals surface area contributed by atoms with E-state index in [9.17, 15) is 4.79 Å². The number of aliphatic hydroxyl groups excluding tert-OH is 1. The SMILES string of the molecule is CCC(NC(=O)NC(C)CO)C1CCCO1. The fourth-order valence-electron chi connectivity index (χ4n) is 1.86. The molecule has 16 heavy (non-hydrogen) atoms. The molecule has 0 radical (unpaired) electrons. The lowest BCUT2D eigenvalue weighted by atomic mass is 10.1. The van der Waals surface area contributed by atoms with Gasteiger partial charge in [-0.3, -0.25) is 0 Å². The highest BCUT2D eigenvalue weighted by molar-refractivity contribution is 5.74. The zero-order valence-electron chi connectivity index (χ0n) is 10.0. The van der Waals surface area contributed by atoms with Crippen LogP contribution in [0.25, 0.3) is 0 Å². The van der Waals surface area contributed by atoms with Crippen LogP contribution in [-0.4, -0.2) is 42.5 Å². The Bertz CT molecular complexity index is 217. The van der Waals surface area contributed by atoms with Gasteiger partial charge in [-0.05, 0) is 26.2 Å². The number of rotatable bonds is 5. The minimum atomic E-state index is -0.232. The Kier molecular flexibility index (Phi) is 5.55. The van der Waals surface area contributed by atoms with E-state index in [1.165, 1.54) is 0 Å². The Hall–Kier alpha value is -0.810. The van der Waals surface area contributed by atoms with Crippen molar-refractivity contribution >= 4 is 6.03 Å². The van der Waals surface area contributed by atoms with Crippen LogP contribution < -0.4 is 10.6 Å². The average Bonchev–Trinajstić information content (AvgIpc) is 2.79. The smallest absolute Gasteiger partial charge is 0.315 e. The molecule has 0 bridgehead atoms. The Balaban J connectivity index is 2.34. The molecular weight excluding hydrogens is 208 g/mol. The molecule has 0 spiro atoms. The first-order valence-electron chi connectivity index (χ1n) is 5.96. The third-order valence-electron chi connectivity index (χ3n) is 2.82. The van der Waals surface area contributed by atoms with Crippen molar-refractivity contribution in [3.63, 3.8) is 0 Å². The number of hydrogen-bond acceptors (Lipinski definition) is 3. The Labute approximate surface area is 96.6 Å². The largest absolute Gasteiger partial charge is 0.394 e. The van der Waals surface area contributed by atoms with Crippen molar-refractivity contribution in [1.29, 1.82) is 0 Å². The molecule has 1 heterocycles. The minimum Gasteiger partial charge on any atom is -0.394 e. The van der Waals surface area contributed by atoms with Gasteiger partial charge in [-0.2, -0.15) is 0 Å². The van der Waals surface area contributed by atoms with E-state index in [1.54, 1.807) is 6.92 Å². The maximum atomic E-state index is 11.5. The molecule has 2 amide bonds. The van der Waals surface area contributed by atoms with Gasteiger partial charge in [-0.1, -0.05) is 6.92 Å². The number of hydrogen-bond donors (Lipinski definition) is 3. The second-order valence-electron chi connectivity index (χ2n) is 4.27. The van der Waals surface area contributed by atoms with Gasteiger partial charge in [0, 0.05) is 6.61 Å². The standard InChI is InChI=1S/C11H22N2O3/c1-3-9(10-5-4-6-16-10)13-11(15)12-8(2)7-14/h8-10,14H,3-7H2,1-2H3,(H2,12,13,15). The van der Waals surface area contributed by atoms with Crippen LogP contribution in [0.2, 0.25) is 0 Å². The van der Waals surface area contributed by atoms with Crippen LogP contribution in [0.1, 0.15) is 33.1 Å². The van der Waals surface area contributed by atoms with Gasteiger partial charge in [0.05, 0.1) is 24.8 Å². The molecule has 0 saturated carbocycles. The minimum absolute atomic E-state index is 0.0514. The summed E-state index contributed by atoms with van der Waals surface area (Å²) in [5, 5.41) is 14.4. The van der Waals surface area contributed by atoms with Crippen LogP contribution in [-0.2, 0) is 4.74 Å². The molecule has 1 aliphatic rings. The molecule has 1 fully saturated rings. The van der Waals surface area contributed by atoms with Crippen molar-refractivity contribution in [2.45, 2.75) is 51.3 Å². The van der Waals surface area contributed by atoms with E-state index in [0.717, 1.165) is 25.9 Å². The Morgan fingerprint density at radius 2 is 2.31 bits per heavy atom. The van der Waals surface area contributed by atoms with Gasteiger partial charge in [0.2, 0.25) is 0 Å². The van der Waals surface area contributed by atoms with E-state index in [-0.39, 0.29) is 30.8 Å². The molecule has 0 aromatic heterocycles. The first-order chi connectivity index (χ1) is 7.67. The van der Waals surface area contributed by atoms with Crippen molar-refractivity contribution in [2.24, 2.45) is 0 Å². The van der Waals surface area contributed by atoms with Gasteiger partial charge in [0.25, 0.3) is 0 Å². The van der Waals surface area contributed by atoms with E-state index >= 15 is 0 Å². The zero-order chi connectivity index (χ0) is 12.0. The summed E-state index contributed by atoms with van der Waals surface area (Å²) in [6.07, 6.45) is 3.07. The van der Waals surface area contributed by atoms with Crippen LogP contribution in [0, 0.1) is 0 Å². The molecule has 0 aliphatic carbocycles. The van der Waals surface area contributed by atoms with Crippen LogP contribution in [0.5, 0.6) is 0 Å². The van der Waals surface area contributed by atoms with Gasteiger partial charge in [-0.15, -0.1) is 0 Å². The van der Waals surface area contributed by atoms with E-state index < -0.39 is 0 Å². The fourth-order valence-corrected chi connectivity index (χ4v) is 1.86. The number of aliphatic hydroxyl groups is 1. The summed E-state index contributed by atoms with van der Waals surface area (Å²) in [5.74, 6) is 0. The summed E-state index contributed by atoms with van der Waals surface area (Å²) >= 11 is 0. The van der Waals surface area contributed by atoms with Crippen LogP contribution >= 0.6 is 0 Å². The van der Waals surface area contributed by atoms with E-state index in [4.69, 9.17) is 9.84 Å². The third kappa shape index (κ3) is 3.98. The molecule has 1 aliphatic heterocycles. The second-order valence-corrected chi connectivity index (χ2v) is 4.27. The predicted molar refractivity (Wildman–Crippen MR) is 61.3 cm³/mol. The number of nitrogens with one attached hydrogen (secondary N) is 2. The van der Waals surface area contributed by atoms with E-state index in [1.807, 2.05) is 6.92 Å². The van der Waals surface area contributed by atoms with Gasteiger partial charge in [0.15, 0.2) is 0 Å². The molecule has 1 rings (SSSR count). The molecular formula is C11H22N2O3. The molecule has 3 N–H and O–H groups in total. The molecule has 0 aromatic rings. The molecule has 5 nitrogen and oxygen atoms in total. The predicted octanol–water partition coefficient (Wildman–Crippen LogP) is 0.624. The highest BCUT2D eigenvalue weighted by Crippen LogP contribution is 2.17. The molecule has 1 saturated heterocycles. The number of ether oxygens (including phenoxy) is 1. The first kappa shape index (κ1) is 13.3. The number of carbonyl (C=O) groups is 1. The molecule has 0 aromatic carbocycles. The summed E-state index contributed by atoms with van der Waals surface area (Å²) in [6.45, 7) is 4.52. The normalized spacial score (nSPS) is 23.8. The maximum Gasteiger partial charge on any atom is 0.315 e. The second kappa shape index (κ2) is 6.70. The monoisotopic (exact) mass is 230 g/mol. The lowest BCUT2D eigenvalue weighted by Crippen LogP contribution is -2.50. The van der Waals surface area contributed by atoms with Gasteiger partial charge in [0.1, 0.15) is 0 Å². The van der Waals surface area contributed by atoms with Gasteiger partial charge < -0.3 is 20.5 Å². The number of urea groups is 1. The summed E-state index contributed by atoms with van der Waals surface area (Å²) in [4.78, 5) is 11.5. The van der Waals surface area contributed by atoms with Crippen molar-refractivity contribution in [3.05, 3.63) is 0 Å². The Morgan fingerprint density at radius 1 is 1.56 bits per heavy atom. The molecule has 3 unspecified atom stereocenters. The highest BCUT2D eigenvalue weighted by atomic mass is 16.5. The van der Waals surface area contributed by atoms with Crippen LogP contribution in [0.15, 0.2) is 0 Å². The Morgan fingerprint density at radius 3 is 2.81 bits per heavy atom. The molecule has 94 valence electrons. The summed E-state index contributed by atoms with van der Waals surface area (Å²) in [5.41, 5.74) is 0. The van der Waals surface area contributed by atoms with Crippen LogP contribution in [0.3, 0.4) is 0 Å². The summed E-state index contributed by atoms with van der Waals surface area (Å²) in [6, 6.07) is -0.390. The first-order valence-corrected chi connectivity index (χ1v) is 5.96. The van der Waals surface area contributed by atoms with Crippen molar-refractivity contribution in [3.8, 4) is 0 Å². The zero-order valence-corrected chi connectivity index (χ0v) is 10.0. The van der Waals surface area contributed by atoms with Crippen LogP contribution in [0.4, 0.5) is 4.79 Å². The highest BCUT2D eigenvalue weighted by Gasteiger charge is 2.25. The van der Waals surface area contributed by atoms with Crippen molar-refractivity contribution in [2.75, 3.05) is 13.2 Å². The topological polar surface area (TPSA) is 70.6 Å². The summed E-state index contributed by atoms with van der Waals surface area (Å²) < 4.78 is 5.55. The van der Waals surface area contributed by atoms with E-state index in [0.29, 0.717) is 0 Å². The maximum absolute atomic E-state index is 11.5. The van der Waals surface area contributed by atoms with Gasteiger partial charge in [-0.25, -0.2) is 4.79 Å². The van der Waals surface area contributed by atoms with Gasteiger partial charge >= 0.3 is 6.03 Å². The van der Waals surface area contributed by atoms with Crippen molar-refractivity contribution in [1.82, 2.24) is 10.6 Å². The number of carbonyl (C=O) groups excluding carboxylic acids is 1. The van der Waals surface area contributed by atoms with E-state index in [2.05, 4.69) is 10.6 Å². The number of amides is 2.